The number of nitrogens with two attached hydrogens (primary N) is 1. The van der Waals surface area contributed by atoms with Gasteiger partial charge in [-0.2, -0.15) is 0 Å². The Hall–Kier alpha value is -1.51. The van der Waals surface area contributed by atoms with E-state index in [1.54, 1.807) is 4.90 Å². The summed E-state index contributed by atoms with van der Waals surface area (Å²) in [6, 6.07) is 3.45. The van der Waals surface area contributed by atoms with E-state index in [0.717, 1.165) is 25.0 Å². The van der Waals surface area contributed by atoms with E-state index in [4.69, 9.17) is 5.14 Å². The summed E-state index contributed by atoms with van der Waals surface area (Å²) in [6.45, 7) is 1.16. The number of halogens is 1. The number of carbonyl (C=O) groups is 1. The fourth-order valence-corrected chi connectivity index (χ4v) is 3.03. The Morgan fingerprint density at radius 1 is 1.48 bits per heavy atom. The number of nitrogens with zero attached hydrogens (tertiary/aromatic N) is 1. The topological polar surface area (TPSA) is 92.5 Å². The number of carbonyl (C=O) groups excluding carboxylic acids is 1. The van der Waals surface area contributed by atoms with Crippen molar-refractivity contribution in [3.8, 4) is 0 Å². The third kappa shape index (κ3) is 3.58. The van der Waals surface area contributed by atoms with Gasteiger partial charge in [-0.25, -0.2) is 17.9 Å². The van der Waals surface area contributed by atoms with Crippen LogP contribution in [0.25, 0.3) is 0 Å². The first kappa shape index (κ1) is 15.9. The predicted octanol–water partition coefficient (Wildman–Crippen LogP) is 0.297. The van der Waals surface area contributed by atoms with Crippen LogP contribution in [0.4, 0.5) is 4.39 Å². The molecule has 1 atom stereocenters. The minimum absolute atomic E-state index is 0.122. The third-order valence-electron chi connectivity index (χ3n) is 3.60. The van der Waals surface area contributed by atoms with Crippen LogP contribution >= 0.6 is 0 Å². The first-order valence-corrected chi connectivity index (χ1v) is 8.16. The van der Waals surface area contributed by atoms with Crippen LogP contribution in [0.3, 0.4) is 0 Å². The van der Waals surface area contributed by atoms with Gasteiger partial charge in [-0.1, -0.05) is 0 Å². The molecule has 1 saturated heterocycles. The average molecular weight is 315 g/mol. The van der Waals surface area contributed by atoms with Gasteiger partial charge in [0, 0.05) is 24.7 Å². The van der Waals surface area contributed by atoms with Crippen LogP contribution in [0, 0.1) is 5.82 Å². The van der Waals surface area contributed by atoms with Gasteiger partial charge in [0.2, 0.25) is 10.0 Å². The van der Waals surface area contributed by atoms with Crippen molar-refractivity contribution in [2.75, 3.05) is 20.1 Å². The van der Waals surface area contributed by atoms with Crippen LogP contribution in [-0.4, -0.2) is 45.4 Å². The Morgan fingerprint density at radius 3 is 2.76 bits per heavy atom. The summed E-state index contributed by atoms with van der Waals surface area (Å²) in [6.07, 6.45) is 1.86. The fraction of sp³-hybridized carbons (Fsp3) is 0.462. The van der Waals surface area contributed by atoms with Gasteiger partial charge in [-0.3, -0.25) is 4.79 Å². The highest BCUT2D eigenvalue weighted by molar-refractivity contribution is 7.89. The Labute approximate surface area is 123 Å². The van der Waals surface area contributed by atoms with Crippen molar-refractivity contribution in [1.29, 1.82) is 0 Å². The van der Waals surface area contributed by atoms with E-state index in [1.165, 1.54) is 6.07 Å². The Kier molecular flexibility index (Phi) is 4.60. The molecule has 1 fully saturated rings. The molecule has 3 N–H and O–H groups in total. The van der Waals surface area contributed by atoms with Crippen molar-refractivity contribution in [1.82, 2.24) is 10.2 Å². The zero-order valence-electron chi connectivity index (χ0n) is 11.7. The number of primary sulfonamides is 1. The summed E-state index contributed by atoms with van der Waals surface area (Å²) in [4.78, 5) is 13.4. The number of benzene rings is 1. The lowest BCUT2D eigenvalue weighted by Crippen LogP contribution is -2.47. The Balaban J connectivity index is 2.22. The number of nitrogens with one attached hydrogen (secondary N) is 1. The van der Waals surface area contributed by atoms with E-state index < -0.39 is 20.7 Å². The number of piperidine rings is 1. The molecule has 0 saturated carbocycles. The number of sulfonamides is 1. The van der Waals surface area contributed by atoms with E-state index in [-0.39, 0.29) is 17.5 Å². The van der Waals surface area contributed by atoms with Crippen molar-refractivity contribution in [2.45, 2.75) is 23.8 Å². The molecule has 1 aromatic carbocycles. The SMILES string of the molecule is CN[C@H]1CCCN(C(=O)c2ccc(S(N)(=O)=O)c(F)c2)C1. The highest BCUT2D eigenvalue weighted by atomic mass is 32.2. The maximum Gasteiger partial charge on any atom is 0.254 e. The van der Waals surface area contributed by atoms with Gasteiger partial charge in [0.15, 0.2) is 0 Å². The zero-order valence-corrected chi connectivity index (χ0v) is 12.5. The lowest BCUT2D eigenvalue weighted by molar-refractivity contribution is 0.0697. The standard InChI is InChI=1S/C13H18FN3O3S/c1-16-10-3-2-6-17(8-10)13(18)9-4-5-12(11(14)7-9)21(15,19)20/h4-5,7,10,16H,2-3,6,8H2,1H3,(H2,15,19,20)/t10-/m0/s1. The fourth-order valence-electron chi connectivity index (χ4n) is 2.44. The summed E-state index contributed by atoms with van der Waals surface area (Å²) in [7, 11) is -2.29. The second-order valence-electron chi connectivity index (χ2n) is 5.07. The molecule has 1 heterocycles. The Morgan fingerprint density at radius 2 is 2.19 bits per heavy atom. The van der Waals surface area contributed by atoms with Crippen LogP contribution in [-0.2, 0) is 10.0 Å². The Bertz CT molecular complexity index is 648. The molecule has 0 radical (unpaired) electrons. The molecule has 21 heavy (non-hydrogen) atoms. The number of hydrogen-bond acceptors (Lipinski definition) is 4. The number of likely N-dealkylation sites (N-methyl/N-ethyl adjacent to an activating group) is 1. The molecular formula is C13H18FN3O3S. The van der Waals surface area contributed by atoms with E-state index in [2.05, 4.69) is 5.32 Å². The van der Waals surface area contributed by atoms with Crippen molar-refractivity contribution in [3.05, 3.63) is 29.6 Å². The second-order valence-corrected chi connectivity index (χ2v) is 6.60. The average Bonchev–Trinajstić information content (AvgIpc) is 2.45. The summed E-state index contributed by atoms with van der Waals surface area (Å²) in [5, 5.41) is 8.01. The van der Waals surface area contributed by atoms with E-state index in [9.17, 15) is 17.6 Å². The van der Waals surface area contributed by atoms with Crippen molar-refractivity contribution < 1.29 is 17.6 Å². The molecule has 0 unspecified atom stereocenters. The van der Waals surface area contributed by atoms with E-state index >= 15 is 0 Å². The number of amides is 1. The van der Waals surface area contributed by atoms with Gasteiger partial charge in [0.1, 0.15) is 10.7 Å². The summed E-state index contributed by atoms with van der Waals surface area (Å²) < 4.78 is 36.1. The molecule has 2 rings (SSSR count). The molecular weight excluding hydrogens is 297 g/mol. The highest BCUT2D eigenvalue weighted by Gasteiger charge is 2.25. The van der Waals surface area contributed by atoms with Crippen LogP contribution in [0.1, 0.15) is 23.2 Å². The van der Waals surface area contributed by atoms with Crippen molar-refractivity contribution in [3.63, 3.8) is 0 Å². The minimum atomic E-state index is -4.12. The molecule has 0 bridgehead atoms. The molecule has 1 aliphatic heterocycles. The molecule has 1 amide bonds. The summed E-state index contributed by atoms with van der Waals surface area (Å²) >= 11 is 0. The predicted molar refractivity (Wildman–Crippen MR) is 75.8 cm³/mol. The highest BCUT2D eigenvalue weighted by Crippen LogP contribution is 2.18. The molecule has 1 aromatic rings. The minimum Gasteiger partial charge on any atom is -0.337 e. The molecule has 8 heteroatoms. The summed E-state index contributed by atoms with van der Waals surface area (Å²) in [5.41, 5.74) is 0.122. The number of likely N-dealkylation sites (tertiary alicyclic amines) is 1. The second kappa shape index (κ2) is 6.08. The first-order chi connectivity index (χ1) is 9.82. The zero-order chi connectivity index (χ0) is 15.6. The van der Waals surface area contributed by atoms with Crippen LogP contribution in [0.2, 0.25) is 0 Å². The molecule has 116 valence electrons. The number of hydrogen-bond donors (Lipinski definition) is 2. The quantitative estimate of drug-likeness (QED) is 0.839. The van der Waals surface area contributed by atoms with Gasteiger partial charge >= 0.3 is 0 Å². The third-order valence-corrected chi connectivity index (χ3v) is 4.55. The largest absolute Gasteiger partial charge is 0.337 e. The maximum atomic E-state index is 13.8. The normalized spacial score (nSPS) is 19.6. The van der Waals surface area contributed by atoms with Crippen LogP contribution < -0.4 is 10.5 Å². The monoisotopic (exact) mass is 315 g/mol. The van der Waals surface area contributed by atoms with Crippen LogP contribution in [0.5, 0.6) is 0 Å². The lowest BCUT2D eigenvalue weighted by Gasteiger charge is -2.32. The van der Waals surface area contributed by atoms with E-state index in [0.29, 0.717) is 13.1 Å². The molecule has 0 aliphatic carbocycles. The summed E-state index contributed by atoms with van der Waals surface area (Å²) in [5.74, 6) is -1.32. The molecule has 6 nitrogen and oxygen atoms in total. The van der Waals surface area contributed by atoms with Crippen LogP contribution in [0.15, 0.2) is 23.1 Å². The van der Waals surface area contributed by atoms with Gasteiger partial charge in [0.25, 0.3) is 5.91 Å². The molecule has 1 aliphatic rings. The molecule has 0 spiro atoms. The van der Waals surface area contributed by atoms with E-state index in [1.807, 2.05) is 7.05 Å². The number of rotatable bonds is 3. The lowest BCUT2D eigenvalue weighted by atomic mass is 10.0. The first-order valence-electron chi connectivity index (χ1n) is 6.62. The van der Waals surface area contributed by atoms with Gasteiger partial charge < -0.3 is 10.2 Å². The van der Waals surface area contributed by atoms with Crippen molar-refractivity contribution >= 4 is 15.9 Å². The van der Waals surface area contributed by atoms with Crippen molar-refractivity contribution in [2.24, 2.45) is 5.14 Å². The van der Waals surface area contributed by atoms with Gasteiger partial charge in [-0.05, 0) is 38.1 Å². The smallest absolute Gasteiger partial charge is 0.254 e. The maximum absolute atomic E-state index is 13.8. The van der Waals surface area contributed by atoms with Gasteiger partial charge in [0.05, 0.1) is 0 Å². The van der Waals surface area contributed by atoms with Gasteiger partial charge in [-0.15, -0.1) is 0 Å². The molecule has 0 aromatic heterocycles.